The summed E-state index contributed by atoms with van der Waals surface area (Å²) in [6.07, 6.45) is 1.52. The first-order valence-electron chi connectivity index (χ1n) is 10.8. The van der Waals surface area contributed by atoms with Crippen molar-refractivity contribution in [2.75, 3.05) is 45.9 Å². The van der Waals surface area contributed by atoms with Gasteiger partial charge in [-0.05, 0) is 34.9 Å². The summed E-state index contributed by atoms with van der Waals surface area (Å²) < 4.78 is 7.12. The summed E-state index contributed by atoms with van der Waals surface area (Å²) in [6.45, 7) is 8.29. The Hall–Kier alpha value is -2.36. The Kier molecular flexibility index (Phi) is 7.39. The second kappa shape index (κ2) is 10.6. The minimum absolute atomic E-state index is 0.0596. The van der Waals surface area contributed by atoms with Gasteiger partial charge < -0.3 is 10.1 Å². The number of aryl methyl sites for hydroxylation is 1. The minimum Gasteiger partial charge on any atom is -0.379 e. The molecule has 1 unspecified atom stereocenters. The fraction of sp³-hybridized carbons (Fsp3) is 0.619. The number of carbonyl (C=O) groups is 1. The summed E-state index contributed by atoms with van der Waals surface area (Å²) in [5.41, 5.74) is 1.34. The number of nitrogens with zero attached hydrogens (tertiary/aromatic N) is 6. The SMILES string of the molecule is O=C(CCn1nnnc1CN1CCOCC1)NCC1CCN(Cc2ccccc2)C1. The average molecular weight is 414 g/mol. The molecule has 0 spiro atoms. The molecular weight excluding hydrogens is 382 g/mol. The highest BCUT2D eigenvalue weighted by Gasteiger charge is 2.23. The highest BCUT2D eigenvalue weighted by atomic mass is 16.5. The molecule has 0 radical (unpaired) electrons. The number of nitrogens with one attached hydrogen (secondary N) is 1. The average Bonchev–Trinajstić information content (AvgIpc) is 3.41. The molecule has 30 heavy (non-hydrogen) atoms. The Morgan fingerprint density at radius 3 is 2.77 bits per heavy atom. The molecule has 4 rings (SSSR count). The maximum absolute atomic E-state index is 12.3. The zero-order valence-electron chi connectivity index (χ0n) is 17.4. The second-order valence-corrected chi connectivity index (χ2v) is 8.14. The molecule has 1 aromatic heterocycles. The van der Waals surface area contributed by atoms with E-state index in [9.17, 15) is 4.79 Å². The number of morpholine rings is 1. The third-order valence-electron chi connectivity index (χ3n) is 5.83. The number of amides is 1. The van der Waals surface area contributed by atoms with Crippen LogP contribution < -0.4 is 5.32 Å². The van der Waals surface area contributed by atoms with E-state index in [1.165, 1.54) is 5.56 Å². The molecule has 1 atom stereocenters. The summed E-state index contributed by atoms with van der Waals surface area (Å²) >= 11 is 0. The van der Waals surface area contributed by atoms with Crippen molar-refractivity contribution in [3.8, 4) is 0 Å². The number of rotatable bonds is 9. The largest absolute Gasteiger partial charge is 0.379 e. The molecule has 0 saturated carbocycles. The first-order chi connectivity index (χ1) is 14.8. The van der Waals surface area contributed by atoms with Crippen LogP contribution in [0.2, 0.25) is 0 Å². The zero-order chi connectivity index (χ0) is 20.6. The van der Waals surface area contributed by atoms with Crippen molar-refractivity contribution in [1.82, 2.24) is 35.3 Å². The van der Waals surface area contributed by atoms with Crippen LogP contribution in [0.25, 0.3) is 0 Å². The highest BCUT2D eigenvalue weighted by molar-refractivity contribution is 5.75. The number of likely N-dealkylation sites (tertiary alicyclic amines) is 1. The van der Waals surface area contributed by atoms with Gasteiger partial charge in [-0.1, -0.05) is 30.3 Å². The zero-order valence-corrected chi connectivity index (χ0v) is 17.4. The summed E-state index contributed by atoms with van der Waals surface area (Å²) in [5.74, 6) is 1.38. The van der Waals surface area contributed by atoms with Gasteiger partial charge in [0.1, 0.15) is 0 Å². The topological polar surface area (TPSA) is 88.4 Å². The Bertz CT molecular complexity index is 792. The molecular formula is C21H31N7O2. The van der Waals surface area contributed by atoms with Crippen LogP contribution in [0.15, 0.2) is 30.3 Å². The van der Waals surface area contributed by atoms with Gasteiger partial charge in [-0.15, -0.1) is 5.10 Å². The van der Waals surface area contributed by atoms with Crippen molar-refractivity contribution in [2.24, 2.45) is 5.92 Å². The summed E-state index contributed by atoms with van der Waals surface area (Å²) in [6, 6.07) is 10.6. The van der Waals surface area contributed by atoms with Crippen LogP contribution in [0.4, 0.5) is 0 Å². The molecule has 9 nitrogen and oxygen atoms in total. The number of tetrazole rings is 1. The van der Waals surface area contributed by atoms with Gasteiger partial charge in [0, 0.05) is 39.1 Å². The fourth-order valence-corrected chi connectivity index (χ4v) is 4.09. The number of ether oxygens (including phenoxy) is 1. The third kappa shape index (κ3) is 6.07. The molecule has 0 aliphatic carbocycles. The van der Waals surface area contributed by atoms with Crippen LogP contribution in [0.3, 0.4) is 0 Å². The molecule has 9 heteroatoms. The first kappa shape index (κ1) is 20.9. The van der Waals surface area contributed by atoms with Crippen molar-refractivity contribution in [3.05, 3.63) is 41.7 Å². The monoisotopic (exact) mass is 413 g/mol. The lowest BCUT2D eigenvalue weighted by atomic mass is 10.1. The number of carbonyl (C=O) groups excluding carboxylic acids is 1. The Morgan fingerprint density at radius 2 is 1.93 bits per heavy atom. The van der Waals surface area contributed by atoms with Crippen molar-refractivity contribution >= 4 is 5.91 Å². The van der Waals surface area contributed by atoms with Gasteiger partial charge in [0.15, 0.2) is 5.82 Å². The van der Waals surface area contributed by atoms with Gasteiger partial charge in [0.25, 0.3) is 0 Å². The Balaban J connectivity index is 1.15. The summed E-state index contributed by atoms with van der Waals surface area (Å²) in [5, 5.41) is 15.1. The fourth-order valence-electron chi connectivity index (χ4n) is 4.09. The molecule has 2 fully saturated rings. The Morgan fingerprint density at radius 1 is 1.10 bits per heavy atom. The molecule has 2 aromatic rings. The standard InChI is InChI=1S/C21H31N7O2/c29-21(7-9-28-20(23-24-25-28)17-26-10-12-30-13-11-26)22-14-19-6-8-27(16-19)15-18-4-2-1-3-5-18/h1-5,19H,6-17H2,(H,22,29). The number of benzene rings is 1. The van der Waals surface area contributed by atoms with E-state index in [0.29, 0.717) is 25.4 Å². The van der Waals surface area contributed by atoms with Gasteiger partial charge in [0.05, 0.1) is 26.3 Å². The van der Waals surface area contributed by atoms with Crippen LogP contribution in [0.1, 0.15) is 24.2 Å². The van der Waals surface area contributed by atoms with E-state index in [4.69, 9.17) is 4.74 Å². The van der Waals surface area contributed by atoms with E-state index in [1.54, 1.807) is 4.68 Å². The Labute approximate surface area is 177 Å². The lowest BCUT2D eigenvalue weighted by Gasteiger charge is -2.25. The van der Waals surface area contributed by atoms with Gasteiger partial charge in [-0.2, -0.15) is 0 Å². The van der Waals surface area contributed by atoms with Crippen molar-refractivity contribution in [3.63, 3.8) is 0 Å². The van der Waals surface area contributed by atoms with E-state index in [0.717, 1.165) is 64.7 Å². The lowest BCUT2D eigenvalue weighted by molar-refractivity contribution is -0.121. The predicted octanol–water partition coefficient (Wildman–Crippen LogP) is 0.534. The maximum atomic E-state index is 12.3. The minimum atomic E-state index is 0.0596. The molecule has 3 heterocycles. The van der Waals surface area contributed by atoms with E-state index in [2.05, 4.69) is 54.9 Å². The van der Waals surface area contributed by atoms with E-state index < -0.39 is 0 Å². The van der Waals surface area contributed by atoms with Gasteiger partial charge in [0.2, 0.25) is 5.91 Å². The number of hydrogen-bond donors (Lipinski definition) is 1. The molecule has 1 aromatic carbocycles. The van der Waals surface area contributed by atoms with Gasteiger partial charge in [-0.3, -0.25) is 14.6 Å². The van der Waals surface area contributed by atoms with Crippen LogP contribution in [0.5, 0.6) is 0 Å². The van der Waals surface area contributed by atoms with Crippen molar-refractivity contribution in [1.29, 1.82) is 0 Å². The van der Waals surface area contributed by atoms with Crippen LogP contribution in [-0.4, -0.2) is 81.9 Å². The van der Waals surface area contributed by atoms with Gasteiger partial charge in [-0.25, -0.2) is 4.68 Å². The van der Waals surface area contributed by atoms with Crippen LogP contribution in [0, 0.1) is 5.92 Å². The van der Waals surface area contributed by atoms with Crippen LogP contribution in [-0.2, 0) is 29.2 Å². The molecule has 1 amide bonds. The third-order valence-corrected chi connectivity index (χ3v) is 5.83. The van der Waals surface area contributed by atoms with E-state index >= 15 is 0 Å². The van der Waals surface area contributed by atoms with Crippen LogP contribution >= 0.6 is 0 Å². The van der Waals surface area contributed by atoms with Crippen molar-refractivity contribution < 1.29 is 9.53 Å². The smallest absolute Gasteiger partial charge is 0.221 e. The molecule has 1 N–H and O–H groups in total. The highest BCUT2D eigenvalue weighted by Crippen LogP contribution is 2.18. The molecule has 2 aliphatic rings. The first-order valence-corrected chi connectivity index (χ1v) is 10.8. The molecule has 162 valence electrons. The molecule has 2 aliphatic heterocycles. The van der Waals surface area contributed by atoms with Gasteiger partial charge >= 0.3 is 0 Å². The van der Waals surface area contributed by atoms with E-state index in [1.807, 2.05) is 6.07 Å². The second-order valence-electron chi connectivity index (χ2n) is 8.14. The number of hydrogen-bond acceptors (Lipinski definition) is 7. The molecule has 2 saturated heterocycles. The maximum Gasteiger partial charge on any atom is 0.221 e. The normalized spacial score (nSPS) is 20.5. The van der Waals surface area contributed by atoms with Crippen molar-refractivity contribution in [2.45, 2.75) is 32.5 Å². The lowest BCUT2D eigenvalue weighted by Crippen LogP contribution is -2.36. The predicted molar refractivity (Wildman–Crippen MR) is 111 cm³/mol. The quantitative estimate of drug-likeness (QED) is 0.642. The van der Waals surface area contributed by atoms with E-state index in [-0.39, 0.29) is 5.91 Å². The summed E-state index contributed by atoms with van der Waals surface area (Å²) in [4.78, 5) is 17.1. The molecule has 0 bridgehead atoms. The number of aromatic nitrogens is 4. The summed E-state index contributed by atoms with van der Waals surface area (Å²) in [7, 11) is 0.